The summed E-state index contributed by atoms with van der Waals surface area (Å²) in [7, 11) is 1.59. The van der Waals surface area contributed by atoms with Gasteiger partial charge >= 0.3 is 0 Å². The number of carbonyl (C=O) groups excluding carboxylic acids is 2. The Hall–Kier alpha value is -3.26. The van der Waals surface area contributed by atoms with Crippen molar-refractivity contribution in [1.29, 1.82) is 0 Å². The number of fused-ring (bicyclic) bond motifs is 1. The normalized spacial score (nSPS) is 18.6. The lowest BCUT2D eigenvalue weighted by atomic mass is 10.2. The lowest BCUT2D eigenvalue weighted by Gasteiger charge is -2.35. The van der Waals surface area contributed by atoms with Crippen LogP contribution in [0.5, 0.6) is 17.2 Å². The molecule has 2 aliphatic rings. The van der Waals surface area contributed by atoms with Crippen molar-refractivity contribution in [2.45, 2.75) is 6.10 Å². The zero-order valence-corrected chi connectivity index (χ0v) is 16.9. The number of nitrogens with one attached hydrogen (secondary N) is 2. The second-order valence-electron chi connectivity index (χ2n) is 7.40. The van der Waals surface area contributed by atoms with E-state index in [1.165, 1.54) is 0 Å². The van der Waals surface area contributed by atoms with Crippen LogP contribution in [0.1, 0.15) is 0 Å². The van der Waals surface area contributed by atoms with Gasteiger partial charge < -0.3 is 29.3 Å². The summed E-state index contributed by atoms with van der Waals surface area (Å²) < 4.78 is 16.7. The van der Waals surface area contributed by atoms with Crippen molar-refractivity contribution in [1.82, 2.24) is 4.90 Å². The van der Waals surface area contributed by atoms with E-state index in [2.05, 4.69) is 5.32 Å². The molecule has 0 radical (unpaired) electrons. The molecule has 8 heteroatoms. The fourth-order valence-electron chi connectivity index (χ4n) is 3.70. The number of piperazine rings is 1. The third kappa shape index (κ3) is 4.65. The number of para-hydroxylation sites is 2. The van der Waals surface area contributed by atoms with E-state index in [9.17, 15) is 9.59 Å². The number of hydrogen-bond donors (Lipinski definition) is 2. The molecule has 4 rings (SSSR count). The lowest BCUT2D eigenvalue weighted by Crippen LogP contribution is -3.15. The summed E-state index contributed by atoms with van der Waals surface area (Å²) in [6, 6.07) is 14.6. The van der Waals surface area contributed by atoms with E-state index in [1.807, 2.05) is 36.4 Å². The van der Waals surface area contributed by atoms with Crippen molar-refractivity contribution in [3.8, 4) is 17.2 Å². The Balaban J connectivity index is 1.24. The third-order valence-electron chi connectivity index (χ3n) is 5.33. The van der Waals surface area contributed by atoms with E-state index < -0.39 is 6.10 Å². The maximum absolute atomic E-state index is 12.8. The van der Waals surface area contributed by atoms with Crippen LogP contribution in [0.25, 0.3) is 0 Å². The molecule has 1 fully saturated rings. The maximum atomic E-state index is 12.8. The number of rotatable bonds is 5. The second kappa shape index (κ2) is 9.04. The van der Waals surface area contributed by atoms with Gasteiger partial charge in [0, 0.05) is 11.8 Å². The Bertz CT molecular complexity index is 911. The largest absolute Gasteiger partial charge is 0.497 e. The van der Waals surface area contributed by atoms with Crippen LogP contribution < -0.4 is 24.4 Å². The quantitative estimate of drug-likeness (QED) is 0.734. The van der Waals surface area contributed by atoms with Crippen molar-refractivity contribution in [3.63, 3.8) is 0 Å². The van der Waals surface area contributed by atoms with Crippen molar-refractivity contribution < 1.29 is 28.7 Å². The predicted octanol–water partition coefficient (Wildman–Crippen LogP) is 0.201. The van der Waals surface area contributed by atoms with Gasteiger partial charge in [-0.2, -0.15) is 0 Å². The zero-order chi connectivity index (χ0) is 20.9. The summed E-state index contributed by atoms with van der Waals surface area (Å²) in [6.07, 6.45) is -0.627. The first-order chi connectivity index (χ1) is 14.6. The Kier molecular flexibility index (Phi) is 6.04. The van der Waals surface area contributed by atoms with Crippen LogP contribution in [0.4, 0.5) is 5.69 Å². The molecule has 2 aromatic carbocycles. The number of anilines is 1. The lowest BCUT2D eigenvalue weighted by molar-refractivity contribution is -0.895. The van der Waals surface area contributed by atoms with Crippen molar-refractivity contribution >= 4 is 17.5 Å². The maximum Gasteiger partial charge on any atom is 0.279 e. The molecule has 0 spiro atoms. The van der Waals surface area contributed by atoms with Gasteiger partial charge in [0.15, 0.2) is 18.0 Å². The highest BCUT2D eigenvalue weighted by atomic mass is 16.6. The van der Waals surface area contributed by atoms with Crippen molar-refractivity contribution in [2.75, 3.05) is 51.8 Å². The van der Waals surface area contributed by atoms with Crippen LogP contribution in [-0.4, -0.2) is 69.3 Å². The molecule has 0 unspecified atom stereocenters. The molecule has 2 heterocycles. The van der Waals surface area contributed by atoms with E-state index in [-0.39, 0.29) is 18.4 Å². The van der Waals surface area contributed by atoms with E-state index in [0.717, 1.165) is 4.90 Å². The van der Waals surface area contributed by atoms with Crippen LogP contribution >= 0.6 is 0 Å². The van der Waals surface area contributed by atoms with Gasteiger partial charge in [0.2, 0.25) is 6.10 Å². The number of quaternary nitrogens is 1. The molecule has 0 saturated carbocycles. The minimum absolute atomic E-state index is 0.0568. The van der Waals surface area contributed by atoms with Crippen LogP contribution in [0, 0.1) is 0 Å². The van der Waals surface area contributed by atoms with Crippen LogP contribution in [0.3, 0.4) is 0 Å². The van der Waals surface area contributed by atoms with E-state index in [4.69, 9.17) is 14.2 Å². The molecule has 158 valence electrons. The first kappa shape index (κ1) is 20.0. The molecule has 30 heavy (non-hydrogen) atoms. The summed E-state index contributed by atoms with van der Waals surface area (Å²) in [5.74, 6) is 1.84. The van der Waals surface area contributed by atoms with Gasteiger partial charge in [-0.15, -0.1) is 0 Å². The van der Waals surface area contributed by atoms with Gasteiger partial charge in [-0.25, -0.2) is 0 Å². The number of ether oxygens (including phenoxy) is 3. The number of hydrogen-bond acceptors (Lipinski definition) is 5. The summed E-state index contributed by atoms with van der Waals surface area (Å²) in [5, 5.41) is 2.90. The van der Waals surface area contributed by atoms with Gasteiger partial charge in [-0.3, -0.25) is 9.59 Å². The average Bonchev–Trinajstić information content (AvgIpc) is 2.79. The minimum Gasteiger partial charge on any atom is -0.497 e. The molecular formula is C22H26N3O5+. The highest BCUT2D eigenvalue weighted by molar-refractivity contribution is 5.91. The number of amides is 2. The molecule has 1 atom stereocenters. The van der Waals surface area contributed by atoms with Gasteiger partial charge in [-0.05, 0) is 24.3 Å². The molecule has 1 saturated heterocycles. The Morgan fingerprint density at radius 1 is 1.13 bits per heavy atom. The number of carbonyl (C=O) groups is 2. The highest BCUT2D eigenvalue weighted by Gasteiger charge is 2.34. The van der Waals surface area contributed by atoms with Crippen molar-refractivity contribution in [3.05, 3.63) is 48.5 Å². The van der Waals surface area contributed by atoms with Gasteiger partial charge in [0.1, 0.15) is 12.4 Å². The monoisotopic (exact) mass is 412 g/mol. The standard InChI is InChI=1S/C22H25N3O5/c1-28-17-6-4-5-16(13-17)23-21(26)14-24-9-11-25(12-10-24)22(27)20-15-29-18-7-2-3-8-19(18)30-20/h2-8,13,20H,9-12,14-15H2,1H3,(H,23,26)/p+1/t20-/m0/s1. The highest BCUT2D eigenvalue weighted by Crippen LogP contribution is 2.31. The molecule has 8 nitrogen and oxygen atoms in total. The van der Waals surface area contributed by atoms with Crippen LogP contribution in [0.15, 0.2) is 48.5 Å². The first-order valence-corrected chi connectivity index (χ1v) is 10.1. The number of benzene rings is 2. The van der Waals surface area contributed by atoms with E-state index in [0.29, 0.717) is 55.7 Å². The first-order valence-electron chi connectivity index (χ1n) is 10.1. The molecule has 0 bridgehead atoms. The third-order valence-corrected chi connectivity index (χ3v) is 5.33. The topological polar surface area (TPSA) is 81.5 Å². The predicted molar refractivity (Wildman–Crippen MR) is 110 cm³/mol. The SMILES string of the molecule is COc1cccc(NC(=O)C[NH+]2CCN(C(=O)[C@@H]3COc4ccccc4O3)CC2)c1. The van der Waals surface area contributed by atoms with E-state index in [1.54, 1.807) is 24.1 Å². The summed E-state index contributed by atoms with van der Waals surface area (Å²) >= 11 is 0. The Morgan fingerprint density at radius 3 is 2.67 bits per heavy atom. The summed E-state index contributed by atoms with van der Waals surface area (Å²) in [6.45, 7) is 3.16. The number of nitrogens with zero attached hydrogens (tertiary/aromatic N) is 1. The van der Waals surface area contributed by atoms with Crippen LogP contribution in [0.2, 0.25) is 0 Å². The Labute approximate surface area is 175 Å². The molecule has 2 amide bonds. The molecule has 2 N–H and O–H groups in total. The summed E-state index contributed by atoms with van der Waals surface area (Å²) in [4.78, 5) is 28.1. The molecular weight excluding hydrogens is 386 g/mol. The average molecular weight is 412 g/mol. The van der Waals surface area contributed by atoms with Gasteiger partial charge in [-0.1, -0.05) is 18.2 Å². The van der Waals surface area contributed by atoms with Crippen molar-refractivity contribution in [2.24, 2.45) is 0 Å². The molecule has 0 aliphatic carbocycles. The minimum atomic E-state index is -0.627. The van der Waals surface area contributed by atoms with Gasteiger partial charge in [0.25, 0.3) is 11.8 Å². The van der Waals surface area contributed by atoms with Crippen LogP contribution in [-0.2, 0) is 9.59 Å². The Morgan fingerprint density at radius 2 is 1.90 bits per heavy atom. The second-order valence-corrected chi connectivity index (χ2v) is 7.40. The molecule has 0 aromatic heterocycles. The van der Waals surface area contributed by atoms with Gasteiger partial charge in [0.05, 0.1) is 33.3 Å². The summed E-state index contributed by atoms with van der Waals surface area (Å²) in [5.41, 5.74) is 0.710. The fourth-order valence-corrected chi connectivity index (χ4v) is 3.70. The number of methoxy groups -OCH3 is 1. The van der Waals surface area contributed by atoms with E-state index >= 15 is 0 Å². The molecule has 2 aromatic rings. The molecule has 2 aliphatic heterocycles. The zero-order valence-electron chi connectivity index (χ0n) is 16.9. The smallest absolute Gasteiger partial charge is 0.279 e. The fraction of sp³-hybridized carbons (Fsp3) is 0.364.